The third-order valence-electron chi connectivity index (χ3n) is 3.93. The van der Waals surface area contributed by atoms with E-state index in [0.717, 1.165) is 36.0 Å². The Kier molecular flexibility index (Phi) is 2.96. The summed E-state index contributed by atoms with van der Waals surface area (Å²) in [7, 11) is 0. The Morgan fingerprint density at radius 1 is 1.16 bits per heavy atom. The molecule has 2 aliphatic heterocycles. The molecule has 1 fully saturated rings. The maximum Gasteiger partial charge on any atom is 0.163 e. The molecule has 0 amide bonds. The summed E-state index contributed by atoms with van der Waals surface area (Å²) < 4.78 is 11.2. The van der Waals surface area contributed by atoms with Crippen molar-refractivity contribution in [2.45, 2.75) is 26.7 Å². The predicted octanol–water partition coefficient (Wildman–Crippen LogP) is 2.67. The van der Waals surface area contributed by atoms with Crippen molar-refractivity contribution >= 4 is 11.4 Å². The van der Waals surface area contributed by atoms with Gasteiger partial charge in [-0.15, -0.1) is 0 Å². The number of nitrogens with zero attached hydrogens (tertiary/aromatic N) is 1. The number of nitrogens with two attached hydrogens (primary N) is 1. The Labute approximate surface area is 114 Å². The second-order valence-electron chi connectivity index (χ2n) is 6.24. The van der Waals surface area contributed by atoms with Gasteiger partial charge in [-0.1, -0.05) is 13.8 Å². The van der Waals surface area contributed by atoms with Crippen molar-refractivity contribution in [3.8, 4) is 11.5 Å². The van der Waals surface area contributed by atoms with Gasteiger partial charge >= 0.3 is 0 Å². The van der Waals surface area contributed by atoms with E-state index >= 15 is 0 Å². The average molecular weight is 262 g/mol. The zero-order valence-corrected chi connectivity index (χ0v) is 11.7. The molecule has 2 aliphatic rings. The Hall–Kier alpha value is -1.58. The molecule has 0 unspecified atom stereocenters. The minimum Gasteiger partial charge on any atom is -0.486 e. The van der Waals surface area contributed by atoms with Crippen LogP contribution in [-0.4, -0.2) is 26.3 Å². The largest absolute Gasteiger partial charge is 0.486 e. The lowest BCUT2D eigenvalue weighted by molar-refractivity contribution is 0.171. The van der Waals surface area contributed by atoms with Gasteiger partial charge in [0.15, 0.2) is 11.5 Å². The highest BCUT2D eigenvalue weighted by atomic mass is 16.6. The predicted molar refractivity (Wildman–Crippen MR) is 77.1 cm³/mol. The molecule has 0 saturated carbocycles. The molecule has 104 valence electrons. The summed E-state index contributed by atoms with van der Waals surface area (Å²) in [5.41, 5.74) is 8.39. The number of piperidine rings is 1. The minimum absolute atomic E-state index is 0.345. The van der Waals surface area contributed by atoms with Gasteiger partial charge in [-0.2, -0.15) is 0 Å². The highest BCUT2D eigenvalue weighted by Gasteiger charge is 2.28. The van der Waals surface area contributed by atoms with Gasteiger partial charge in [-0.05, 0) is 18.3 Å². The van der Waals surface area contributed by atoms with Crippen LogP contribution in [0.4, 0.5) is 11.4 Å². The van der Waals surface area contributed by atoms with Crippen LogP contribution in [0.25, 0.3) is 0 Å². The zero-order valence-electron chi connectivity index (χ0n) is 11.7. The van der Waals surface area contributed by atoms with E-state index in [1.165, 1.54) is 12.8 Å². The standard InChI is InChI=1S/C15H22N2O2/c1-15(2)4-3-5-17(10-15)12-9-14-13(8-11(12)16)18-6-7-19-14/h8-9H,3-7,10,16H2,1-2H3. The smallest absolute Gasteiger partial charge is 0.163 e. The van der Waals surface area contributed by atoms with Gasteiger partial charge in [0.1, 0.15) is 13.2 Å². The molecule has 2 heterocycles. The molecule has 1 aromatic rings. The molecule has 0 bridgehead atoms. The first-order valence-electron chi connectivity index (χ1n) is 6.99. The molecular formula is C15H22N2O2. The number of nitrogen functional groups attached to an aromatic ring is 1. The highest BCUT2D eigenvalue weighted by molar-refractivity contribution is 5.73. The maximum atomic E-state index is 6.19. The van der Waals surface area contributed by atoms with Crippen LogP contribution in [0.15, 0.2) is 12.1 Å². The second-order valence-corrected chi connectivity index (χ2v) is 6.24. The van der Waals surface area contributed by atoms with Crippen LogP contribution in [0.1, 0.15) is 26.7 Å². The summed E-state index contributed by atoms with van der Waals surface area (Å²) in [5.74, 6) is 1.59. The molecule has 0 radical (unpaired) electrons. The normalized spacial score (nSPS) is 21.3. The second kappa shape index (κ2) is 4.51. The molecule has 19 heavy (non-hydrogen) atoms. The number of anilines is 2. The lowest BCUT2D eigenvalue weighted by Crippen LogP contribution is -2.40. The molecule has 2 N–H and O–H groups in total. The van der Waals surface area contributed by atoms with Crippen LogP contribution in [-0.2, 0) is 0 Å². The van der Waals surface area contributed by atoms with Gasteiger partial charge in [0, 0.05) is 25.2 Å². The molecule has 0 atom stereocenters. The first kappa shape index (κ1) is 12.5. The van der Waals surface area contributed by atoms with Crippen molar-refractivity contribution < 1.29 is 9.47 Å². The lowest BCUT2D eigenvalue weighted by Gasteiger charge is -2.40. The molecule has 0 aliphatic carbocycles. The van der Waals surface area contributed by atoms with Crippen LogP contribution < -0.4 is 20.1 Å². The number of ether oxygens (including phenoxy) is 2. The number of rotatable bonds is 1. The van der Waals surface area contributed by atoms with Crippen LogP contribution in [0.2, 0.25) is 0 Å². The van der Waals surface area contributed by atoms with Crippen molar-refractivity contribution in [3.05, 3.63) is 12.1 Å². The van der Waals surface area contributed by atoms with Crippen molar-refractivity contribution in [2.24, 2.45) is 5.41 Å². The van der Waals surface area contributed by atoms with E-state index in [1.54, 1.807) is 0 Å². The van der Waals surface area contributed by atoms with Crippen molar-refractivity contribution in [3.63, 3.8) is 0 Å². The first-order chi connectivity index (χ1) is 9.05. The van der Waals surface area contributed by atoms with Crippen molar-refractivity contribution in [1.29, 1.82) is 0 Å². The summed E-state index contributed by atoms with van der Waals surface area (Å²) in [6.07, 6.45) is 2.48. The first-order valence-corrected chi connectivity index (χ1v) is 6.99. The Morgan fingerprint density at radius 3 is 2.53 bits per heavy atom. The third kappa shape index (κ3) is 2.44. The van der Waals surface area contributed by atoms with Gasteiger partial charge in [-0.25, -0.2) is 0 Å². The van der Waals surface area contributed by atoms with E-state index < -0.39 is 0 Å². The number of benzene rings is 1. The molecule has 1 aromatic carbocycles. The van der Waals surface area contributed by atoms with Gasteiger partial charge in [0.2, 0.25) is 0 Å². The molecule has 0 aromatic heterocycles. The average Bonchev–Trinajstić information content (AvgIpc) is 2.36. The zero-order chi connectivity index (χ0) is 13.5. The number of fused-ring (bicyclic) bond motifs is 1. The fourth-order valence-corrected chi connectivity index (χ4v) is 3.00. The van der Waals surface area contributed by atoms with Crippen LogP contribution in [0.3, 0.4) is 0 Å². The Bertz CT molecular complexity index is 485. The molecule has 0 spiro atoms. The summed E-state index contributed by atoms with van der Waals surface area (Å²) in [5, 5.41) is 0. The van der Waals surface area contributed by atoms with E-state index in [2.05, 4.69) is 18.7 Å². The van der Waals surface area contributed by atoms with Crippen LogP contribution in [0, 0.1) is 5.41 Å². The third-order valence-corrected chi connectivity index (χ3v) is 3.93. The molecule has 1 saturated heterocycles. The van der Waals surface area contributed by atoms with Crippen LogP contribution >= 0.6 is 0 Å². The quantitative estimate of drug-likeness (QED) is 0.790. The van der Waals surface area contributed by atoms with E-state index in [9.17, 15) is 0 Å². The SMILES string of the molecule is CC1(C)CCCN(c2cc3c(cc2N)OCCO3)C1. The maximum absolute atomic E-state index is 6.19. The van der Waals surface area contributed by atoms with E-state index in [1.807, 2.05) is 12.1 Å². The number of hydrogen-bond acceptors (Lipinski definition) is 4. The van der Waals surface area contributed by atoms with Gasteiger partial charge < -0.3 is 20.1 Å². The van der Waals surface area contributed by atoms with E-state index in [-0.39, 0.29) is 0 Å². The molecule has 4 nitrogen and oxygen atoms in total. The fourth-order valence-electron chi connectivity index (χ4n) is 3.00. The highest BCUT2D eigenvalue weighted by Crippen LogP contribution is 2.41. The van der Waals surface area contributed by atoms with E-state index in [4.69, 9.17) is 15.2 Å². The number of hydrogen-bond donors (Lipinski definition) is 1. The monoisotopic (exact) mass is 262 g/mol. The van der Waals surface area contributed by atoms with Gasteiger partial charge in [0.25, 0.3) is 0 Å². The summed E-state index contributed by atoms with van der Waals surface area (Å²) in [6.45, 7) is 7.94. The summed E-state index contributed by atoms with van der Waals surface area (Å²) in [6, 6.07) is 3.93. The minimum atomic E-state index is 0.345. The van der Waals surface area contributed by atoms with Crippen LogP contribution in [0.5, 0.6) is 11.5 Å². The lowest BCUT2D eigenvalue weighted by atomic mass is 9.84. The Morgan fingerprint density at radius 2 is 1.84 bits per heavy atom. The molecule has 4 heteroatoms. The fraction of sp³-hybridized carbons (Fsp3) is 0.600. The van der Waals surface area contributed by atoms with Gasteiger partial charge in [0.05, 0.1) is 11.4 Å². The van der Waals surface area contributed by atoms with Crippen molar-refractivity contribution in [2.75, 3.05) is 36.9 Å². The Balaban J connectivity index is 1.91. The molecule has 3 rings (SSSR count). The summed E-state index contributed by atoms with van der Waals surface area (Å²) >= 11 is 0. The van der Waals surface area contributed by atoms with Crippen molar-refractivity contribution in [1.82, 2.24) is 0 Å². The summed E-state index contributed by atoms with van der Waals surface area (Å²) in [4.78, 5) is 2.37. The molecular weight excluding hydrogens is 240 g/mol. The van der Waals surface area contributed by atoms with Gasteiger partial charge in [-0.3, -0.25) is 0 Å². The van der Waals surface area contributed by atoms with E-state index in [0.29, 0.717) is 18.6 Å². The topological polar surface area (TPSA) is 47.7 Å².